The third-order valence-electron chi connectivity index (χ3n) is 5.23. The van der Waals surface area contributed by atoms with E-state index in [1.807, 2.05) is 0 Å². The van der Waals surface area contributed by atoms with Crippen molar-refractivity contribution in [2.45, 2.75) is 44.1 Å². The quantitative estimate of drug-likeness (QED) is 0.708. The molecule has 0 aromatic rings. The lowest BCUT2D eigenvalue weighted by Crippen LogP contribution is -2.53. The van der Waals surface area contributed by atoms with Crippen molar-refractivity contribution >= 4 is 11.8 Å². The fourth-order valence-electron chi connectivity index (χ4n) is 3.74. The highest BCUT2D eigenvalue weighted by Gasteiger charge is 2.45. The lowest BCUT2D eigenvalue weighted by molar-refractivity contribution is -0.283. The zero-order chi connectivity index (χ0) is 18.1. The first-order chi connectivity index (χ1) is 11.8. The number of hydrogen-bond acceptors (Lipinski definition) is 4. The number of likely N-dealkylation sites (tertiary alicyclic amines) is 2. The lowest BCUT2D eigenvalue weighted by Gasteiger charge is -2.44. The number of carbonyl (C=O) groups excluding carboxylic acids is 2. The van der Waals surface area contributed by atoms with Crippen LogP contribution in [0.2, 0.25) is 0 Å². The predicted molar refractivity (Wildman–Crippen MR) is 80.4 cm³/mol. The van der Waals surface area contributed by atoms with Crippen molar-refractivity contribution in [3.63, 3.8) is 0 Å². The number of carbonyl (C=O) groups is 2. The van der Waals surface area contributed by atoms with Gasteiger partial charge in [0.15, 0.2) is 5.79 Å². The summed E-state index contributed by atoms with van der Waals surface area (Å²) in [5.41, 5.74) is 0. The molecule has 3 heterocycles. The predicted octanol–water partition coefficient (Wildman–Crippen LogP) is 1.54. The number of piperidine rings is 2. The van der Waals surface area contributed by atoms with Crippen LogP contribution in [0.4, 0.5) is 13.2 Å². The van der Waals surface area contributed by atoms with E-state index in [-0.39, 0.29) is 37.8 Å². The summed E-state index contributed by atoms with van der Waals surface area (Å²) in [5.74, 6) is -2.74. The molecule has 0 aromatic heterocycles. The number of halogens is 3. The van der Waals surface area contributed by atoms with Gasteiger partial charge in [0.1, 0.15) is 0 Å². The minimum absolute atomic E-state index is 0.0290. The zero-order valence-electron chi connectivity index (χ0n) is 14.0. The molecule has 3 aliphatic heterocycles. The highest BCUT2D eigenvalue weighted by Crippen LogP contribution is 2.32. The van der Waals surface area contributed by atoms with Crippen LogP contribution in [0, 0.1) is 5.92 Å². The SMILES string of the molecule is O=C(C1CCN(C(=O)C(F)(F)F)CC1)N1CCC2(CC1)OCCCO2. The molecule has 3 rings (SSSR count). The van der Waals surface area contributed by atoms with Crippen LogP contribution in [0.15, 0.2) is 0 Å². The molecular formula is C16H23F3N2O4. The van der Waals surface area contributed by atoms with E-state index >= 15 is 0 Å². The topological polar surface area (TPSA) is 59.1 Å². The Balaban J connectivity index is 1.48. The Bertz CT molecular complexity index is 502. The summed E-state index contributed by atoms with van der Waals surface area (Å²) in [6.45, 7) is 2.33. The summed E-state index contributed by atoms with van der Waals surface area (Å²) >= 11 is 0. The second-order valence-corrected chi connectivity index (χ2v) is 6.85. The van der Waals surface area contributed by atoms with E-state index in [1.54, 1.807) is 4.90 Å². The summed E-state index contributed by atoms with van der Waals surface area (Å²) in [4.78, 5) is 26.4. The number of alkyl halides is 3. The maximum atomic E-state index is 12.6. The van der Waals surface area contributed by atoms with Gasteiger partial charge in [0.05, 0.1) is 13.2 Å². The largest absolute Gasteiger partial charge is 0.471 e. The van der Waals surface area contributed by atoms with Gasteiger partial charge in [-0.15, -0.1) is 0 Å². The molecule has 0 radical (unpaired) electrons. The summed E-state index contributed by atoms with van der Waals surface area (Å²) in [7, 11) is 0. The molecule has 2 amide bonds. The van der Waals surface area contributed by atoms with Gasteiger partial charge in [0.25, 0.3) is 0 Å². The van der Waals surface area contributed by atoms with E-state index in [9.17, 15) is 22.8 Å². The van der Waals surface area contributed by atoms with Crippen molar-refractivity contribution in [2.24, 2.45) is 5.92 Å². The molecular weight excluding hydrogens is 341 g/mol. The van der Waals surface area contributed by atoms with Crippen LogP contribution in [0.3, 0.4) is 0 Å². The lowest BCUT2D eigenvalue weighted by atomic mass is 9.93. The summed E-state index contributed by atoms with van der Waals surface area (Å²) in [5, 5.41) is 0. The van der Waals surface area contributed by atoms with E-state index < -0.39 is 17.9 Å². The Morgan fingerprint density at radius 3 is 2.00 bits per heavy atom. The van der Waals surface area contributed by atoms with Crippen LogP contribution in [0.25, 0.3) is 0 Å². The highest BCUT2D eigenvalue weighted by atomic mass is 19.4. The number of rotatable bonds is 1. The second kappa shape index (κ2) is 7.11. The molecule has 1 spiro atoms. The smallest absolute Gasteiger partial charge is 0.350 e. The molecule has 9 heteroatoms. The number of ether oxygens (including phenoxy) is 2. The van der Waals surface area contributed by atoms with Crippen LogP contribution in [-0.4, -0.2) is 73.0 Å². The standard InChI is InChI=1S/C16H23F3N2O4/c17-16(18,19)14(23)21-6-2-12(3-7-21)13(22)20-8-4-15(5-9-20)24-10-1-11-25-15/h12H,1-11H2. The fourth-order valence-corrected chi connectivity index (χ4v) is 3.74. The number of amides is 2. The molecule has 25 heavy (non-hydrogen) atoms. The van der Waals surface area contributed by atoms with Gasteiger partial charge in [-0.3, -0.25) is 9.59 Å². The van der Waals surface area contributed by atoms with Crippen molar-refractivity contribution in [2.75, 3.05) is 39.4 Å². The van der Waals surface area contributed by atoms with Gasteiger partial charge in [0, 0.05) is 44.9 Å². The summed E-state index contributed by atoms with van der Waals surface area (Å²) in [6.07, 6.45) is -2.20. The Kier molecular flexibility index (Phi) is 5.24. The zero-order valence-corrected chi connectivity index (χ0v) is 14.0. The molecule has 0 unspecified atom stereocenters. The summed E-state index contributed by atoms with van der Waals surface area (Å²) < 4.78 is 48.9. The van der Waals surface area contributed by atoms with Gasteiger partial charge in [-0.1, -0.05) is 0 Å². The Morgan fingerprint density at radius 2 is 1.48 bits per heavy atom. The third kappa shape index (κ3) is 4.08. The molecule has 6 nitrogen and oxygen atoms in total. The molecule has 0 atom stereocenters. The third-order valence-corrected chi connectivity index (χ3v) is 5.23. The highest BCUT2D eigenvalue weighted by molar-refractivity contribution is 5.83. The van der Waals surface area contributed by atoms with E-state index in [2.05, 4.69) is 0 Å². The summed E-state index contributed by atoms with van der Waals surface area (Å²) in [6, 6.07) is 0. The first kappa shape index (κ1) is 18.4. The molecule has 142 valence electrons. The van der Waals surface area contributed by atoms with Crippen LogP contribution in [-0.2, 0) is 19.1 Å². The average molecular weight is 364 g/mol. The minimum Gasteiger partial charge on any atom is -0.350 e. The molecule has 3 aliphatic rings. The average Bonchev–Trinajstić information content (AvgIpc) is 2.61. The first-order valence-electron chi connectivity index (χ1n) is 8.74. The second-order valence-electron chi connectivity index (χ2n) is 6.85. The van der Waals surface area contributed by atoms with Crippen LogP contribution in [0.5, 0.6) is 0 Å². The Labute approximate surface area is 144 Å². The van der Waals surface area contributed by atoms with Gasteiger partial charge in [-0.05, 0) is 19.3 Å². The number of nitrogens with zero attached hydrogens (tertiary/aromatic N) is 2. The van der Waals surface area contributed by atoms with Crippen molar-refractivity contribution in [3.8, 4) is 0 Å². The van der Waals surface area contributed by atoms with E-state index in [0.29, 0.717) is 39.1 Å². The van der Waals surface area contributed by atoms with Crippen LogP contribution >= 0.6 is 0 Å². The molecule has 0 aromatic carbocycles. The van der Waals surface area contributed by atoms with E-state index in [1.165, 1.54) is 0 Å². The monoisotopic (exact) mass is 364 g/mol. The Morgan fingerprint density at radius 1 is 0.920 bits per heavy atom. The van der Waals surface area contributed by atoms with Gasteiger partial charge in [-0.2, -0.15) is 13.2 Å². The maximum Gasteiger partial charge on any atom is 0.471 e. The molecule has 0 saturated carbocycles. The molecule has 3 fully saturated rings. The van der Waals surface area contributed by atoms with Gasteiger partial charge in [-0.25, -0.2) is 0 Å². The Hall–Kier alpha value is -1.35. The van der Waals surface area contributed by atoms with Crippen LogP contribution in [0.1, 0.15) is 32.1 Å². The molecule has 0 aliphatic carbocycles. The van der Waals surface area contributed by atoms with Gasteiger partial charge in [0.2, 0.25) is 5.91 Å². The minimum atomic E-state index is -4.85. The number of hydrogen-bond donors (Lipinski definition) is 0. The van der Waals surface area contributed by atoms with Gasteiger partial charge < -0.3 is 19.3 Å². The van der Waals surface area contributed by atoms with Crippen LogP contribution < -0.4 is 0 Å². The van der Waals surface area contributed by atoms with E-state index in [4.69, 9.17) is 9.47 Å². The van der Waals surface area contributed by atoms with Crippen molar-refractivity contribution in [3.05, 3.63) is 0 Å². The molecule has 0 N–H and O–H groups in total. The maximum absolute atomic E-state index is 12.6. The van der Waals surface area contributed by atoms with Crippen molar-refractivity contribution in [1.82, 2.24) is 9.80 Å². The first-order valence-corrected chi connectivity index (χ1v) is 8.74. The normalized spacial score (nSPS) is 25.2. The fraction of sp³-hybridized carbons (Fsp3) is 0.875. The molecule has 3 saturated heterocycles. The van der Waals surface area contributed by atoms with Gasteiger partial charge >= 0.3 is 12.1 Å². The molecule has 0 bridgehead atoms. The van der Waals surface area contributed by atoms with E-state index in [0.717, 1.165) is 11.3 Å². The van der Waals surface area contributed by atoms with Crippen molar-refractivity contribution < 1.29 is 32.2 Å². The van der Waals surface area contributed by atoms with Crippen molar-refractivity contribution in [1.29, 1.82) is 0 Å².